The molecule has 0 spiro atoms. The first-order valence-corrected chi connectivity index (χ1v) is 16.6. The number of benzene rings is 2. The SMILES string of the molecule is CN1CCN(c2ncc(-c3cccc(CC(NC(=O)C4CCC(CN)CC4)C(=O)Nc4ccc(-c5n[nH]c(Cl)n5)cc4)c3)cn2)CC1. The molecule has 2 aromatic carbocycles. The molecule has 47 heavy (non-hydrogen) atoms. The molecule has 246 valence electrons. The van der Waals surface area contributed by atoms with E-state index in [1.54, 1.807) is 24.3 Å². The first kappa shape index (κ1) is 32.5. The van der Waals surface area contributed by atoms with Crippen molar-refractivity contribution in [2.24, 2.45) is 17.6 Å². The van der Waals surface area contributed by atoms with Crippen LogP contribution in [0.2, 0.25) is 5.28 Å². The molecule has 12 nitrogen and oxygen atoms in total. The fourth-order valence-corrected chi connectivity index (χ4v) is 6.34. The maximum Gasteiger partial charge on any atom is 0.247 e. The average molecular weight is 657 g/mol. The van der Waals surface area contributed by atoms with Crippen molar-refractivity contribution in [1.29, 1.82) is 0 Å². The number of hydrogen-bond donors (Lipinski definition) is 4. The summed E-state index contributed by atoms with van der Waals surface area (Å²) >= 11 is 5.87. The lowest BCUT2D eigenvalue weighted by Gasteiger charge is -2.32. The number of amides is 2. The molecular formula is C34H41ClN10O2. The lowest BCUT2D eigenvalue weighted by atomic mass is 9.81. The molecular weight excluding hydrogens is 616 g/mol. The number of rotatable bonds is 10. The summed E-state index contributed by atoms with van der Waals surface area (Å²) in [5, 5.41) is 13.0. The zero-order chi connectivity index (χ0) is 32.8. The molecule has 2 aliphatic rings. The molecule has 0 radical (unpaired) electrons. The lowest BCUT2D eigenvalue weighted by molar-refractivity contribution is -0.130. The highest BCUT2D eigenvalue weighted by Gasteiger charge is 2.29. The summed E-state index contributed by atoms with van der Waals surface area (Å²) in [5.41, 5.74) is 9.96. The maximum atomic E-state index is 13.7. The number of nitrogens with two attached hydrogens (primary N) is 1. The van der Waals surface area contributed by atoms with Gasteiger partial charge < -0.3 is 26.2 Å². The number of hydrogen-bond acceptors (Lipinski definition) is 9. The van der Waals surface area contributed by atoms with Crippen LogP contribution in [-0.2, 0) is 16.0 Å². The smallest absolute Gasteiger partial charge is 0.247 e. The number of nitrogens with one attached hydrogen (secondary N) is 3. The minimum atomic E-state index is -0.785. The number of aromatic amines is 1. The second-order valence-corrected chi connectivity index (χ2v) is 12.9. The number of likely N-dealkylation sites (N-methyl/N-ethyl adjacent to an activating group) is 1. The minimum Gasteiger partial charge on any atom is -0.344 e. The molecule has 1 aliphatic heterocycles. The predicted molar refractivity (Wildman–Crippen MR) is 183 cm³/mol. The second kappa shape index (κ2) is 15.0. The van der Waals surface area contributed by atoms with Crippen LogP contribution in [-0.4, -0.2) is 87.7 Å². The first-order valence-electron chi connectivity index (χ1n) is 16.2. The number of aromatic nitrogens is 5. The average Bonchev–Trinajstić information content (AvgIpc) is 3.55. The van der Waals surface area contributed by atoms with E-state index in [-0.39, 0.29) is 23.0 Å². The first-order chi connectivity index (χ1) is 22.8. The molecule has 1 saturated carbocycles. The van der Waals surface area contributed by atoms with Gasteiger partial charge in [0.2, 0.25) is 23.0 Å². The van der Waals surface area contributed by atoms with Crippen molar-refractivity contribution < 1.29 is 9.59 Å². The summed E-state index contributed by atoms with van der Waals surface area (Å²) in [6.45, 7) is 4.40. The lowest BCUT2D eigenvalue weighted by Crippen LogP contribution is -2.48. The molecule has 2 aromatic heterocycles. The molecule has 0 bridgehead atoms. The largest absolute Gasteiger partial charge is 0.344 e. The minimum absolute atomic E-state index is 0.0958. The number of H-pyrrole nitrogens is 1. The highest BCUT2D eigenvalue weighted by Crippen LogP contribution is 2.29. The van der Waals surface area contributed by atoms with Gasteiger partial charge in [0.05, 0.1) is 0 Å². The summed E-state index contributed by atoms with van der Waals surface area (Å²) < 4.78 is 0. The molecule has 2 fully saturated rings. The summed E-state index contributed by atoms with van der Waals surface area (Å²) in [4.78, 5) is 45.1. The summed E-state index contributed by atoms with van der Waals surface area (Å²) in [7, 11) is 2.12. The van der Waals surface area contributed by atoms with Crippen molar-refractivity contribution in [2.75, 3.05) is 50.0 Å². The molecule has 2 amide bonds. The van der Waals surface area contributed by atoms with Crippen molar-refractivity contribution in [2.45, 2.75) is 38.1 Å². The van der Waals surface area contributed by atoms with Gasteiger partial charge in [-0.15, -0.1) is 0 Å². The van der Waals surface area contributed by atoms with Crippen LogP contribution in [0.3, 0.4) is 0 Å². The van der Waals surface area contributed by atoms with Crippen molar-refractivity contribution in [3.8, 4) is 22.5 Å². The molecule has 1 atom stereocenters. The Kier molecular flexibility index (Phi) is 10.4. The Labute approximate surface area is 279 Å². The molecule has 3 heterocycles. The normalized spacial score (nSPS) is 19.3. The molecule has 1 unspecified atom stereocenters. The number of nitrogens with zero attached hydrogens (tertiary/aromatic N) is 6. The van der Waals surface area contributed by atoms with Crippen LogP contribution in [0.4, 0.5) is 11.6 Å². The third-order valence-corrected chi connectivity index (χ3v) is 9.35. The van der Waals surface area contributed by atoms with E-state index >= 15 is 0 Å². The van der Waals surface area contributed by atoms with Gasteiger partial charge in [0.1, 0.15) is 6.04 Å². The van der Waals surface area contributed by atoms with E-state index in [1.165, 1.54) is 0 Å². The molecule has 4 aromatic rings. The molecule has 1 saturated heterocycles. The van der Waals surface area contributed by atoms with Crippen molar-refractivity contribution >= 4 is 35.1 Å². The van der Waals surface area contributed by atoms with Gasteiger partial charge in [0.15, 0.2) is 5.82 Å². The third kappa shape index (κ3) is 8.31. The van der Waals surface area contributed by atoms with E-state index in [9.17, 15) is 9.59 Å². The summed E-state index contributed by atoms with van der Waals surface area (Å²) in [6.07, 6.45) is 7.40. The second-order valence-electron chi connectivity index (χ2n) is 12.5. The van der Waals surface area contributed by atoms with Gasteiger partial charge in [-0.3, -0.25) is 9.59 Å². The maximum absolute atomic E-state index is 13.7. The number of halogens is 1. The fraction of sp³-hybridized carbons (Fsp3) is 0.412. The van der Waals surface area contributed by atoms with Crippen LogP contribution in [0.5, 0.6) is 0 Å². The number of anilines is 2. The van der Waals surface area contributed by atoms with Gasteiger partial charge in [0.25, 0.3) is 0 Å². The zero-order valence-electron chi connectivity index (χ0n) is 26.5. The van der Waals surface area contributed by atoms with Gasteiger partial charge in [-0.2, -0.15) is 10.1 Å². The number of carbonyl (C=O) groups excluding carboxylic acids is 2. The monoisotopic (exact) mass is 656 g/mol. The standard InChI is InChI=1S/C34H41ClN10O2/c1-44-13-15-45(16-14-44)34-37-20-27(21-38-34)26-4-2-3-23(17-26)18-29(40-31(46)25-7-5-22(19-36)6-8-25)32(47)39-28-11-9-24(10-12-28)30-41-33(35)43-42-30/h2-4,9-12,17,20-22,25,29H,5-8,13-16,18-19,36H2,1H3,(H,39,47)(H,40,46)(H,41,42,43). The van der Waals surface area contributed by atoms with Crippen LogP contribution >= 0.6 is 11.6 Å². The Bertz CT molecular complexity index is 1650. The van der Waals surface area contributed by atoms with E-state index in [2.05, 4.69) is 52.6 Å². The van der Waals surface area contributed by atoms with Crippen molar-refractivity contribution in [1.82, 2.24) is 35.4 Å². The summed E-state index contributed by atoms with van der Waals surface area (Å²) in [6, 6.07) is 14.3. The van der Waals surface area contributed by atoms with Crippen molar-refractivity contribution in [3.63, 3.8) is 0 Å². The quantitative estimate of drug-likeness (QED) is 0.199. The molecule has 13 heteroatoms. The van der Waals surface area contributed by atoms with Gasteiger partial charge in [-0.05, 0) is 92.2 Å². The molecule has 6 rings (SSSR count). The third-order valence-electron chi connectivity index (χ3n) is 9.18. The van der Waals surface area contributed by atoms with Crippen LogP contribution in [0.25, 0.3) is 22.5 Å². The van der Waals surface area contributed by atoms with Gasteiger partial charge in [0, 0.05) is 67.7 Å². The Morgan fingerprint density at radius 2 is 1.70 bits per heavy atom. The van der Waals surface area contributed by atoms with Crippen LogP contribution in [0, 0.1) is 11.8 Å². The van der Waals surface area contributed by atoms with E-state index in [0.717, 1.165) is 80.1 Å². The van der Waals surface area contributed by atoms with Gasteiger partial charge >= 0.3 is 0 Å². The van der Waals surface area contributed by atoms with Gasteiger partial charge in [-0.25, -0.2) is 15.1 Å². The molecule has 5 N–H and O–H groups in total. The van der Waals surface area contributed by atoms with E-state index in [1.807, 2.05) is 36.7 Å². The van der Waals surface area contributed by atoms with Crippen LogP contribution in [0.15, 0.2) is 60.9 Å². The number of carbonyl (C=O) groups is 2. The highest BCUT2D eigenvalue weighted by atomic mass is 35.5. The topological polar surface area (TPSA) is 158 Å². The Morgan fingerprint density at radius 1 is 0.979 bits per heavy atom. The fourth-order valence-electron chi connectivity index (χ4n) is 6.22. The van der Waals surface area contributed by atoms with E-state index < -0.39 is 6.04 Å². The predicted octanol–water partition coefficient (Wildman–Crippen LogP) is 3.77. The zero-order valence-corrected chi connectivity index (χ0v) is 27.3. The Hall–Kier alpha value is -4.39. The van der Waals surface area contributed by atoms with Crippen LogP contribution in [0.1, 0.15) is 31.2 Å². The highest BCUT2D eigenvalue weighted by molar-refractivity contribution is 6.28. The van der Waals surface area contributed by atoms with E-state index in [4.69, 9.17) is 17.3 Å². The Morgan fingerprint density at radius 3 is 2.36 bits per heavy atom. The van der Waals surface area contributed by atoms with Gasteiger partial charge in [-0.1, -0.05) is 24.3 Å². The van der Waals surface area contributed by atoms with E-state index in [0.29, 0.717) is 30.4 Å². The summed E-state index contributed by atoms with van der Waals surface area (Å²) in [5.74, 6) is 1.12. The number of piperazine rings is 1. The molecule has 1 aliphatic carbocycles. The van der Waals surface area contributed by atoms with Crippen molar-refractivity contribution in [3.05, 3.63) is 71.8 Å². The van der Waals surface area contributed by atoms with Crippen LogP contribution < -0.4 is 21.3 Å². The Balaban J connectivity index is 1.17.